The van der Waals surface area contributed by atoms with Gasteiger partial charge in [-0.15, -0.1) is 5.10 Å². The van der Waals surface area contributed by atoms with Crippen molar-refractivity contribution in [1.82, 2.24) is 5.43 Å². The van der Waals surface area contributed by atoms with Crippen LogP contribution in [0.15, 0.2) is 16.8 Å². The zero-order valence-electron chi connectivity index (χ0n) is 11.3. The smallest absolute Gasteiger partial charge is 0.202 e. The Labute approximate surface area is 100.0 Å². The van der Waals surface area contributed by atoms with Crippen molar-refractivity contribution in [1.29, 1.82) is 0 Å². The fourth-order valence-electron chi connectivity index (χ4n) is 1.14. The summed E-state index contributed by atoms with van der Waals surface area (Å²) < 4.78 is 5.51. The molecule has 0 rings (SSSR count). The lowest BCUT2D eigenvalue weighted by Crippen LogP contribution is -2.14. The quantitative estimate of drug-likeness (QED) is 0.237. The van der Waals surface area contributed by atoms with Crippen LogP contribution in [0.5, 0.6) is 0 Å². The second-order valence-electron chi connectivity index (χ2n) is 4.31. The molecule has 0 spiro atoms. The Morgan fingerprint density at radius 3 is 2.62 bits per heavy atom. The topological polar surface area (TPSA) is 33.6 Å². The van der Waals surface area contributed by atoms with Crippen molar-refractivity contribution in [2.45, 2.75) is 47.5 Å². The van der Waals surface area contributed by atoms with Crippen molar-refractivity contribution < 1.29 is 4.74 Å². The summed E-state index contributed by atoms with van der Waals surface area (Å²) in [5, 5.41) is 4.15. The summed E-state index contributed by atoms with van der Waals surface area (Å²) in [6.07, 6.45) is 4.26. The Morgan fingerprint density at radius 1 is 1.44 bits per heavy atom. The molecule has 0 saturated heterocycles. The zero-order valence-corrected chi connectivity index (χ0v) is 11.3. The van der Waals surface area contributed by atoms with E-state index in [-0.39, 0.29) is 0 Å². The molecule has 0 aromatic carbocycles. The number of nitrogens with zero attached hydrogens (tertiary/aromatic N) is 1. The zero-order chi connectivity index (χ0) is 12.4. The van der Waals surface area contributed by atoms with Crippen molar-refractivity contribution in [3.63, 3.8) is 0 Å². The minimum absolute atomic E-state index is 0.647. The molecule has 0 heterocycles. The van der Waals surface area contributed by atoms with Crippen LogP contribution in [0.1, 0.15) is 47.5 Å². The fourth-order valence-corrected chi connectivity index (χ4v) is 1.14. The fraction of sp³-hybridized carbons (Fsp3) is 0.769. The van der Waals surface area contributed by atoms with Gasteiger partial charge in [-0.1, -0.05) is 26.8 Å². The first-order chi connectivity index (χ1) is 7.60. The van der Waals surface area contributed by atoms with Crippen LogP contribution in [0.25, 0.3) is 0 Å². The number of hydrogen-bond donors (Lipinski definition) is 1. The van der Waals surface area contributed by atoms with Gasteiger partial charge in [0.15, 0.2) is 0 Å². The third-order valence-corrected chi connectivity index (χ3v) is 2.40. The SMILES string of the molecule is CC=C(CC)COC(C)=NNCCC(C)C. The van der Waals surface area contributed by atoms with Crippen molar-refractivity contribution in [3.8, 4) is 0 Å². The van der Waals surface area contributed by atoms with Crippen LogP contribution in [0.2, 0.25) is 0 Å². The molecule has 0 aliphatic carbocycles. The number of hydrogen-bond acceptors (Lipinski definition) is 3. The van der Waals surface area contributed by atoms with Gasteiger partial charge in [0, 0.05) is 13.5 Å². The standard InChI is InChI=1S/C13H26N2O/c1-6-13(7-2)10-16-12(5)15-14-9-8-11(3)4/h6,11,14H,7-10H2,1-5H3. The summed E-state index contributed by atoms with van der Waals surface area (Å²) >= 11 is 0. The molecule has 3 heteroatoms. The van der Waals surface area contributed by atoms with E-state index in [0.717, 1.165) is 19.4 Å². The van der Waals surface area contributed by atoms with Gasteiger partial charge in [0.25, 0.3) is 0 Å². The first-order valence-electron chi connectivity index (χ1n) is 6.14. The molecule has 0 aromatic rings. The molecular weight excluding hydrogens is 200 g/mol. The monoisotopic (exact) mass is 226 g/mol. The highest BCUT2D eigenvalue weighted by Gasteiger charge is 1.96. The van der Waals surface area contributed by atoms with Crippen molar-refractivity contribution in [2.24, 2.45) is 11.0 Å². The Kier molecular flexibility index (Phi) is 8.68. The van der Waals surface area contributed by atoms with E-state index in [4.69, 9.17) is 4.74 Å². The molecule has 0 bridgehead atoms. The lowest BCUT2D eigenvalue weighted by molar-refractivity contribution is 0.328. The minimum atomic E-state index is 0.647. The average molecular weight is 226 g/mol. The highest BCUT2D eigenvalue weighted by Crippen LogP contribution is 2.01. The molecule has 0 fully saturated rings. The van der Waals surface area contributed by atoms with Crippen LogP contribution < -0.4 is 5.43 Å². The second kappa shape index (κ2) is 9.25. The highest BCUT2D eigenvalue weighted by molar-refractivity contribution is 5.72. The van der Waals surface area contributed by atoms with Gasteiger partial charge in [-0.2, -0.15) is 0 Å². The summed E-state index contributed by atoms with van der Waals surface area (Å²) in [5.74, 6) is 1.41. The molecular formula is C13H26N2O. The van der Waals surface area contributed by atoms with Gasteiger partial charge in [-0.25, -0.2) is 0 Å². The third-order valence-electron chi connectivity index (χ3n) is 2.40. The van der Waals surface area contributed by atoms with E-state index >= 15 is 0 Å². The molecule has 0 aliphatic heterocycles. The largest absolute Gasteiger partial charge is 0.475 e. The van der Waals surface area contributed by atoms with E-state index in [1.807, 2.05) is 13.8 Å². The van der Waals surface area contributed by atoms with Crippen LogP contribution in [-0.2, 0) is 4.74 Å². The van der Waals surface area contributed by atoms with Crippen molar-refractivity contribution in [2.75, 3.05) is 13.2 Å². The Bertz CT molecular complexity index is 232. The number of hydrazone groups is 1. The summed E-state index contributed by atoms with van der Waals surface area (Å²) in [5.41, 5.74) is 4.32. The molecule has 0 saturated carbocycles. The molecule has 0 amide bonds. The Hall–Kier alpha value is -0.990. The van der Waals surface area contributed by atoms with Crippen LogP contribution in [0, 0.1) is 5.92 Å². The van der Waals surface area contributed by atoms with Gasteiger partial charge < -0.3 is 10.2 Å². The molecule has 94 valence electrons. The molecule has 3 nitrogen and oxygen atoms in total. The third kappa shape index (κ3) is 8.33. The highest BCUT2D eigenvalue weighted by atomic mass is 16.5. The van der Waals surface area contributed by atoms with Crippen molar-refractivity contribution >= 4 is 5.90 Å². The summed E-state index contributed by atoms with van der Waals surface area (Å²) in [7, 11) is 0. The van der Waals surface area contributed by atoms with Crippen LogP contribution in [0.3, 0.4) is 0 Å². The molecule has 16 heavy (non-hydrogen) atoms. The molecule has 0 atom stereocenters. The first-order valence-corrected chi connectivity index (χ1v) is 6.14. The second-order valence-corrected chi connectivity index (χ2v) is 4.31. The van der Waals surface area contributed by atoms with Gasteiger partial charge in [-0.3, -0.25) is 0 Å². The predicted molar refractivity (Wildman–Crippen MR) is 70.6 cm³/mol. The summed E-state index contributed by atoms with van der Waals surface area (Å²) in [6, 6.07) is 0. The molecule has 0 aliphatic rings. The lowest BCUT2D eigenvalue weighted by Gasteiger charge is -2.08. The summed E-state index contributed by atoms with van der Waals surface area (Å²) in [4.78, 5) is 0. The average Bonchev–Trinajstić information content (AvgIpc) is 2.25. The number of nitrogens with one attached hydrogen (secondary N) is 1. The normalized spacial score (nSPS) is 13.1. The lowest BCUT2D eigenvalue weighted by atomic mass is 10.1. The van der Waals surface area contributed by atoms with Gasteiger partial charge in [0.1, 0.15) is 6.61 Å². The van der Waals surface area contributed by atoms with Crippen LogP contribution in [0.4, 0.5) is 0 Å². The van der Waals surface area contributed by atoms with Crippen LogP contribution in [-0.4, -0.2) is 19.0 Å². The summed E-state index contributed by atoms with van der Waals surface area (Å²) in [6.45, 7) is 12.0. The minimum Gasteiger partial charge on any atom is -0.475 e. The Balaban J connectivity index is 3.71. The van der Waals surface area contributed by atoms with Crippen molar-refractivity contribution in [3.05, 3.63) is 11.6 Å². The molecule has 0 radical (unpaired) electrons. The van der Waals surface area contributed by atoms with Crippen LogP contribution >= 0.6 is 0 Å². The van der Waals surface area contributed by atoms with E-state index in [2.05, 4.69) is 37.4 Å². The maximum atomic E-state index is 5.51. The predicted octanol–water partition coefficient (Wildman–Crippen LogP) is 3.33. The van der Waals surface area contributed by atoms with E-state index in [1.165, 1.54) is 5.57 Å². The number of ether oxygens (including phenoxy) is 1. The molecule has 0 aromatic heterocycles. The van der Waals surface area contributed by atoms with Gasteiger partial charge in [0.05, 0.1) is 0 Å². The molecule has 0 unspecified atom stereocenters. The van der Waals surface area contributed by atoms with E-state index in [0.29, 0.717) is 18.4 Å². The molecule has 1 N–H and O–H groups in total. The van der Waals surface area contributed by atoms with E-state index in [9.17, 15) is 0 Å². The maximum Gasteiger partial charge on any atom is 0.202 e. The maximum absolute atomic E-state index is 5.51. The van der Waals surface area contributed by atoms with Gasteiger partial charge in [0.2, 0.25) is 5.90 Å². The number of allylic oxidation sites excluding steroid dienone is 1. The van der Waals surface area contributed by atoms with E-state index in [1.54, 1.807) is 0 Å². The Morgan fingerprint density at radius 2 is 2.12 bits per heavy atom. The van der Waals surface area contributed by atoms with Gasteiger partial charge in [-0.05, 0) is 31.3 Å². The first kappa shape index (κ1) is 15.0. The number of rotatable bonds is 7. The van der Waals surface area contributed by atoms with Gasteiger partial charge >= 0.3 is 0 Å². The van der Waals surface area contributed by atoms with E-state index < -0.39 is 0 Å².